The number of rotatable bonds is 2. The normalized spacial score (nSPS) is 10.5. The average molecular weight is 512 g/mol. The van der Waals surface area contributed by atoms with Crippen LogP contribution in [0.2, 0.25) is 0 Å². The van der Waals surface area contributed by atoms with Gasteiger partial charge in [0.2, 0.25) is 0 Å². The summed E-state index contributed by atoms with van der Waals surface area (Å²) in [7, 11) is 0. The second kappa shape index (κ2) is 7.09. The van der Waals surface area contributed by atoms with Crippen LogP contribution >= 0.6 is 0 Å². The standard InChI is InChI=1S/C18H9F2N4.Ir/c19-17-22-16(23-18(20)24-17)13-6-3-5-12(10-13)15-14-7-2-1-4-11(14)8-9-21-15;/h1-4,6-10H;/q-1;. The van der Waals surface area contributed by atoms with E-state index in [1.807, 2.05) is 30.3 Å². The monoisotopic (exact) mass is 512 g/mol. The largest absolute Gasteiger partial charge is 0.314 e. The molecule has 4 rings (SSSR count). The third kappa shape index (κ3) is 3.43. The number of benzene rings is 2. The smallest absolute Gasteiger partial charge is 0.304 e. The first-order chi connectivity index (χ1) is 11.7. The molecule has 7 heteroatoms. The zero-order chi connectivity index (χ0) is 16.5. The molecule has 2 heterocycles. The Morgan fingerprint density at radius 1 is 0.880 bits per heavy atom. The van der Waals surface area contributed by atoms with E-state index >= 15 is 0 Å². The number of pyridine rings is 1. The Morgan fingerprint density at radius 3 is 2.44 bits per heavy atom. The van der Waals surface area contributed by atoms with E-state index in [9.17, 15) is 8.78 Å². The fraction of sp³-hybridized carbons (Fsp3) is 0. The number of aromatic nitrogens is 4. The van der Waals surface area contributed by atoms with Crippen molar-refractivity contribution < 1.29 is 28.9 Å². The van der Waals surface area contributed by atoms with Crippen molar-refractivity contribution in [2.45, 2.75) is 0 Å². The Labute approximate surface area is 155 Å². The van der Waals surface area contributed by atoms with Gasteiger partial charge in [-0.3, -0.25) is 0 Å². The van der Waals surface area contributed by atoms with Crippen LogP contribution in [0.15, 0.2) is 54.7 Å². The van der Waals surface area contributed by atoms with Crippen molar-refractivity contribution in [2.24, 2.45) is 0 Å². The van der Waals surface area contributed by atoms with E-state index in [0.29, 0.717) is 11.1 Å². The maximum Gasteiger partial charge on any atom is 0.314 e. The van der Waals surface area contributed by atoms with Crippen LogP contribution < -0.4 is 0 Å². The van der Waals surface area contributed by atoms with Crippen molar-refractivity contribution in [3.8, 4) is 22.6 Å². The van der Waals surface area contributed by atoms with E-state index < -0.39 is 12.2 Å². The molecule has 0 fully saturated rings. The Balaban J connectivity index is 0.00000182. The molecule has 25 heavy (non-hydrogen) atoms. The zero-order valence-electron chi connectivity index (χ0n) is 12.6. The van der Waals surface area contributed by atoms with Crippen molar-refractivity contribution in [3.63, 3.8) is 0 Å². The first-order valence-electron chi connectivity index (χ1n) is 7.14. The predicted molar refractivity (Wildman–Crippen MR) is 84.8 cm³/mol. The molecule has 0 saturated carbocycles. The molecule has 0 amide bonds. The summed E-state index contributed by atoms with van der Waals surface area (Å²) in [5, 5.41) is 2.00. The fourth-order valence-corrected chi connectivity index (χ4v) is 2.53. The summed E-state index contributed by atoms with van der Waals surface area (Å²) in [5.41, 5.74) is 1.87. The summed E-state index contributed by atoms with van der Waals surface area (Å²) in [6.45, 7) is 0. The molecule has 0 aliphatic heterocycles. The summed E-state index contributed by atoms with van der Waals surface area (Å²) in [6, 6.07) is 17.8. The maximum atomic E-state index is 13.2. The van der Waals surface area contributed by atoms with Gasteiger partial charge in [-0.25, -0.2) is 0 Å². The Bertz CT molecular complexity index is 1030. The molecule has 2 aromatic carbocycles. The van der Waals surface area contributed by atoms with Gasteiger partial charge in [-0.2, -0.15) is 23.7 Å². The molecule has 1 radical (unpaired) electrons. The summed E-state index contributed by atoms with van der Waals surface area (Å²) in [6.07, 6.45) is -0.606. The van der Waals surface area contributed by atoms with Crippen LogP contribution in [0.25, 0.3) is 33.4 Å². The Morgan fingerprint density at radius 2 is 1.64 bits per heavy atom. The molecule has 2 aromatic heterocycles. The maximum absolute atomic E-state index is 13.2. The van der Waals surface area contributed by atoms with Crippen LogP contribution in [-0.2, 0) is 20.1 Å². The number of hydrogen-bond donors (Lipinski definition) is 0. The van der Waals surface area contributed by atoms with Gasteiger partial charge in [0, 0.05) is 26.3 Å². The molecule has 0 N–H and O–H groups in total. The Kier molecular flexibility index (Phi) is 4.88. The topological polar surface area (TPSA) is 51.6 Å². The first kappa shape index (κ1) is 17.2. The molecule has 0 aliphatic carbocycles. The van der Waals surface area contributed by atoms with Crippen molar-refractivity contribution >= 4 is 10.8 Å². The second-order valence-corrected chi connectivity index (χ2v) is 5.07. The fourth-order valence-electron chi connectivity index (χ4n) is 2.53. The van der Waals surface area contributed by atoms with Crippen LogP contribution in [0.3, 0.4) is 0 Å². The minimum Gasteiger partial charge on any atom is -0.304 e. The Hall–Kier alpha value is -2.63. The molecule has 0 bridgehead atoms. The van der Waals surface area contributed by atoms with Gasteiger partial charge in [-0.05, 0) is 22.5 Å². The molecular formula is C18H9F2IrN4-. The van der Waals surface area contributed by atoms with Gasteiger partial charge in [-0.1, -0.05) is 29.8 Å². The second-order valence-electron chi connectivity index (χ2n) is 5.07. The number of fused-ring (bicyclic) bond motifs is 1. The van der Waals surface area contributed by atoms with Crippen molar-refractivity contribution in [1.29, 1.82) is 0 Å². The van der Waals surface area contributed by atoms with Gasteiger partial charge in [-0.15, -0.1) is 29.8 Å². The summed E-state index contributed by atoms with van der Waals surface area (Å²) < 4.78 is 26.4. The molecule has 0 saturated heterocycles. The molecule has 0 unspecified atom stereocenters. The minimum atomic E-state index is -1.16. The van der Waals surface area contributed by atoms with E-state index in [1.165, 1.54) is 0 Å². The van der Waals surface area contributed by atoms with E-state index in [2.05, 4.69) is 26.0 Å². The number of nitrogens with zero attached hydrogens (tertiary/aromatic N) is 4. The quantitative estimate of drug-likeness (QED) is 0.384. The molecule has 0 atom stereocenters. The minimum absolute atomic E-state index is 0. The third-order valence-electron chi connectivity index (χ3n) is 3.57. The molecule has 4 aromatic rings. The van der Waals surface area contributed by atoms with Crippen molar-refractivity contribution in [1.82, 2.24) is 19.9 Å². The van der Waals surface area contributed by atoms with Crippen LogP contribution in [0, 0.1) is 18.2 Å². The molecule has 0 aliphatic rings. The van der Waals surface area contributed by atoms with E-state index in [-0.39, 0.29) is 25.9 Å². The predicted octanol–water partition coefficient (Wildman–Crippen LogP) is 3.83. The molecule has 4 nitrogen and oxygen atoms in total. The SMILES string of the molecule is Fc1nc(F)nc(-c2cc[c-]c(-c3nccc4ccccc34)c2)n1.[Ir]. The van der Waals surface area contributed by atoms with Crippen LogP contribution in [0.5, 0.6) is 0 Å². The van der Waals surface area contributed by atoms with Gasteiger partial charge in [0.05, 0.1) is 0 Å². The summed E-state index contributed by atoms with van der Waals surface area (Å²) in [4.78, 5) is 14.4. The summed E-state index contributed by atoms with van der Waals surface area (Å²) >= 11 is 0. The zero-order valence-corrected chi connectivity index (χ0v) is 15.0. The molecule has 0 spiro atoms. The van der Waals surface area contributed by atoms with Crippen molar-refractivity contribution in [2.75, 3.05) is 0 Å². The number of hydrogen-bond acceptors (Lipinski definition) is 4. The van der Waals surface area contributed by atoms with Gasteiger partial charge < -0.3 is 4.98 Å². The average Bonchev–Trinajstić information content (AvgIpc) is 2.60. The van der Waals surface area contributed by atoms with E-state index in [1.54, 1.807) is 24.4 Å². The van der Waals surface area contributed by atoms with Crippen LogP contribution in [-0.4, -0.2) is 19.9 Å². The number of halogens is 2. The molecular weight excluding hydrogens is 502 g/mol. The van der Waals surface area contributed by atoms with E-state index in [0.717, 1.165) is 16.5 Å². The first-order valence-corrected chi connectivity index (χ1v) is 7.14. The van der Waals surface area contributed by atoms with Crippen LogP contribution in [0.4, 0.5) is 8.78 Å². The van der Waals surface area contributed by atoms with Gasteiger partial charge in [0.1, 0.15) is 0 Å². The van der Waals surface area contributed by atoms with Crippen molar-refractivity contribution in [3.05, 3.63) is 73.0 Å². The van der Waals surface area contributed by atoms with E-state index in [4.69, 9.17) is 0 Å². The van der Waals surface area contributed by atoms with Gasteiger partial charge in [0.15, 0.2) is 5.82 Å². The summed E-state index contributed by atoms with van der Waals surface area (Å²) in [5.74, 6) is -0.0736. The van der Waals surface area contributed by atoms with Crippen LogP contribution in [0.1, 0.15) is 0 Å². The van der Waals surface area contributed by atoms with Gasteiger partial charge in [0.25, 0.3) is 0 Å². The molecule has 125 valence electrons. The van der Waals surface area contributed by atoms with Gasteiger partial charge >= 0.3 is 12.2 Å². The third-order valence-corrected chi connectivity index (χ3v) is 3.57.